The molecule has 0 aliphatic carbocycles. The van der Waals surface area contributed by atoms with E-state index in [0.717, 1.165) is 0 Å². The first-order valence-corrected chi connectivity index (χ1v) is 16.3. The van der Waals surface area contributed by atoms with Gasteiger partial charge >= 0.3 is 26.2 Å². The smallest absolute Gasteiger partial charge is 1.00 e. The summed E-state index contributed by atoms with van der Waals surface area (Å²) in [7, 11) is 0. The Morgan fingerprint density at radius 3 is 1.09 bits per heavy atom. The average Bonchev–Trinajstić information content (AvgIpc) is 3.62. The molecule has 0 heterocycles. The zero-order valence-corrected chi connectivity index (χ0v) is 33.8. The van der Waals surface area contributed by atoms with Crippen molar-refractivity contribution in [2.75, 3.05) is 0 Å². The predicted molar refractivity (Wildman–Crippen MR) is 196 cm³/mol. The SMILES string of the molecule is CC(C)c1cc2c(-c3ccccc3C(C)(C)C)cccc2[cH-]1.CC(C)c1cc2c(-c3ccccc3C(C)(C)C)cccc2[cH-]1.[Cl-].[Cl-].[Zr+4]. The third-order valence-corrected chi connectivity index (χ3v) is 8.93. The van der Waals surface area contributed by atoms with Gasteiger partial charge in [-0.1, -0.05) is 141 Å². The van der Waals surface area contributed by atoms with Crippen LogP contribution in [0.25, 0.3) is 43.8 Å². The predicted octanol–water partition coefficient (Wildman–Crippen LogP) is 7.30. The maximum absolute atomic E-state index is 2.37. The quantitative estimate of drug-likeness (QED) is 0.167. The molecule has 3 heteroatoms. The maximum atomic E-state index is 2.37. The Hall–Kier alpha value is -2.44. The third-order valence-electron chi connectivity index (χ3n) is 8.93. The van der Waals surface area contributed by atoms with Crippen molar-refractivity contribution in [2.45, 2.75) is 91.9 Å². The van der Waals surface area contributed by atoms with Gasteiger partial charge in [0.1, 0.15) is 0 Å². The third kappa shape index (κ3) is 8.98. The molecule has 0 unspecified atom stereocenters. The van der Waals surface area contributed by atoms with Crippen LogP contribution in [-0.2, 0) is 37.0 Å². The van der Waals surface area contributed by atoms with Crippen molar-refractivity contribution in [1.29, 1.82) is 0 Å². The van der Waals surface area contributed by atoms with Crippen LogP contribution in [-0.4, -0.2) is 0 Å². The first kappa shape index (κ1) is 40.7. The number of rotatable bonds is 4. The van der Waals surface area contributed by atoms with E-state index in [2.05, 4.69) is 178 Å². The molecule has 0 aromatic heterocycles. The van der Waals surface area contributed by atoms with Crippen LogP contribution in [0.3, 0.4) is 0 Å². The molecule has 0 bridgehead atoms. The Morgan fingerprint density at radius 2 is 0.766 bits per heavy atom. The van der Waals surface area contributed by atoms with E-state index in [-0.39, 0.29) is 61.8 Å². The number of benzene rings is 4. The van der Waals surface area contributed by atoms with Crippen LogP contribution in [0.4, 0.5) is 0 Å². The van der Waals surface area contributed by atoms with Gasteiger partial charge in [0.05, 0.1) is 0 Å². The van der Waals surface area contributed by atoms with Crippen LogP contribution in [0.15, 0.2) is 109 Å². The summed E-state index contributed by atoms with van der Waals surface area (Å²) in [6.45, 7) is 22.8. The normalized spacial score (nSPS) is 11.5. The number of halogens is 2. The van der Waals surface area contributed by atoms with E-state index in [1.165, 1.54) is 66.1 Å². The Bertz CT molecular complexity index is 1750. The molecule has 6 rings (SSSR count). The molecule has 6 aromatic carbocycles. The van der Waals surface area contributed by atoms with Crippen LogP contribution in [0.5, 0.6) is 0 Å². The summed E-state index contributed by atoms with van der Waals surface area (Å²) in [5.74, 6) is 1.14. The van der Waals surface area contributed by atoms with Gasteiger partial charge in [-0.2, -0.15) is 12.1 Å². The number of hydrogen-bond acceptors (Lipinski definition) is 0. The standard InChI is InChI=1S/2C22H25.2ClH.Zr/c2*1-15(2)17-13-16-9-8-11-18(20(16)14-17)19-10-6-7-12-21(19)22(3,4)5;;;/h2*6-15H,1-5H3;2*1H;/q2*-1;;;+4/p-2. The zero-order chi connectivity index (χ0) is 31.8. The van der Waals surface area contributed by atoms with E-state index in [4.69, 9.17) is 0 Å². The van der Waals surface area contributed by atoms with Gasteiger partial charge in [0.15, 0.2) is 0 Å². The van der Waals surface area contributed by atoms with Crippen molar-refractivity contribution < 1.29 is 51.0 Å². The summed E-state index contributed by atoms with van der Waals surface area (Å²) in [6, 6.07) is 40.4. The zero-order valence-electron chi connectivity index (χ0n) is 29.8. The molecule has 244 valence electrons. The van der Waals surface area contributed by atoms with Crippen LogP contribution in [0, 0.1) is 0 Å². The second-order valence-electron chi connectivity index (χ2n) is 15.1. The molecule has 0 aliphatic rings. The number of fused-ring (bicyclic) bond motifs is 2. The Kier molecular flexibility index (Phi) is 14.1. The van der Waals surface area contributed by atoms with Gasteiger partial charge in [-0.3, -0.25) is 0 Å². The second kappa shape index (κ2) is 16.3. The van der Waals surface area contributed by atoms with Crippen molar-refractivity contribution in [3.05, 3.63) is 131 Å². The summed E-state index contributed by atoms with van der Waals surface area (Å²) < 4.78 is 0. The van der Waals surface area contributed by atoms with Crippen molar-refractivity contribution in [1.82, 2.24) is 0 Å². The van der Waals surface area contributed by atoms with E-state index in [1.807, 2.05) is 0 Å². The molecule has 0 saturated heterocycles. The fourth-order valence-corrected chi connectivity index (χ4v) is 6.40. The van der Waals surface area contributed by atoms with Crippen LogP contribution in [0.1, 0.15) is 103 Å². The second-order valence-corrected chi connectivity index (χ2v) is 15.1. The summed E-state index contributed by atoms with van der Waals surface area (Å²) >= 11 is 0. The van der Waals surface area contributed by atoms with Crippen LogP contribution >= 0.6 is 0 Å². The van der Waals surface area contributed by atoms with Crippen LogP contribution in [0.2, 0.25) is 0 Å². The summed E-state index contributed by atoms with van der Waals surface area (Å²) in [6.07, 6.45) is 0. The molecule has 0 spiro atoms. The molecule has 0 aliphatic heterocycles. The largest absolute Gasteiger partial charge is 4.00 e. The van der Waals surface area contributed by atoms with Gasteiger partial charge in [-0.05, 0) is 44.9 Å². The molecule has 0 amide bonds. The van der Waals surface area contributed by atoms with Gasteiger partial charge in [0.25, 0.3) is 0 Å². The first-order chi connectivity index (χ1) is 20.8. The molecular weight excluding hydrogens is 691 g/mol. The minimum Gasteiger partial charge on any atom is -1.00 e. The molecule has 0 radical (unpaired) electrons. The first-order valence-electron chi connectivity index (χ1n) is 16.3. The average molecular weight is 741 g/mol. The minimum absolute atomic E-state index is 0. The van der Waals surface area contributed by atoms with Gasteiger partial charge in [0, 0.05) is 0 Å². The maximum Gasteiger partial charge on any atom is 4.00 e. The van der Waals surface area contributed by atoms with E-state index in [0.29, 0.717) is 11.8 Å². The van der Waals surface area contributed by atoms with E-state index in [9.17, 15) is 0 Å². The Morgan fingerprint density at radius 1 is 0.447 bits per heavy atom. The van der Waals surface area contributed by atoms with Crippen molar-refractivity contribution in [3.8, 4) is 22.3 Å². The molecule has 47 heavy (non-hydrogen) atoms. The molecule has 0 N–H and O–H groups in total. The van der Waals surface area contributed by atoms with Crippen molar-refractivity contribution >= 4 is 21.5 Å². The molecule has 0 saturated carbocycles. The molecule has 6 aromatic rings. The van der Waals surface area contributed by atoms with Gasteiger partial charge < -0.3 is 24.8 Å². The fourth-order valence-electron chi connectivity index (χ4n) is 6.40. The molecule has 0 fully saturated rings. The molecular formula is C44H50Cl2Zr. The van der Waals surface area contributed by atoms with E-state index >= 15 is 0 Å². The van der Waals surface area contributed by atoms with Gasteiger partial charge in [0.2, 0.25) is 0 Å². The Labute approximate surface area is 316 Å². The molecule has 0 nitrogen and oxygen atoms in total. The van der Waals surface area contributed by atoms with E-state index < -0.39 is 0 Å². The van der Waals surface area contributed by atoms with Gasteiger partial charge in [-0.25, -0.2) is 0 Å². The fraction of sp³-hybridized carbons (Fsp3) is 0.318. The summed E-state index contributed by atoms with van der Waals surface area (Å²) in [5.41, 5.74) is 11.4. The molecule has 0 atom stereocenters. The Balaban J connectivity index is 0.000000307. The monoisotopic (exact) mass is 738 g/mol. The topological polar surface area (TPSA) is 0 Å². The van der Waals surface area contributed by atoms with Crippen molar-refractivity contribution in [3.63, 3.8) is 0 Å². The van der Waals surface area contributed by atoms with Gasteiger partial charge in [-0.15, -0.1) is 69.1 Å². The van der Waals surface area contributed by atoms with Crippen LogP contribution < -0.4 is 24.8 Å². The van der Waals surface area contributed by atoms with Crippen molar-refractivity contribution in [2.24, 2.45) is 0 Å². The summed E-state index contributed by atoms with van der Waals surface area (Å²) in [5, 5.41) is 5.46. The summed E-state index contributed by atoms with van der Waals surface area (Å²) in [4.78, 5) is 0. The van der Waals surface area contributed by atoms with E-state index in [1.54, 1.807) is 0 Å². The number of hydrogen-bond donors (Lipinski definition) is 0. The minimum atomic E-state index is 0.